The predicted octanol–water partition coefficient (Wildman–Crippen LogP) is 35.5. The monoisotopic (exact) mass is 2300 g/mol. The standard InChI is InChI=1S/C71H61F4N5.C56H48F4N4.2Pt/c1-5-21-48(22-20-29-52(6-2)80-67-32-18-16-30-59(67)60-31-17-19-33-68(60)80)49-34-38-56(39-35-49)79(55-27-14-9-15-28-55)58-45-66(62-41-37-51(73)43-64(62)75)77-70(47-58)71(3,4)69-46-57(44-65(76-69)61-40-36-50(72)42-63(61)74)78(53-23-10-7-11-24-53)54-25-12-8-13-26-54;1-7-37-19-25-43(26-20-37)63(41-15-11-9-12-16-41)45-33-51(47-29-23-39(57)31-49(47)59)61-53(35-45)56(5,6)54-36-46(34-52(62-54)48-30-24-40(58)32-50(48)60)64(42-17-13-10-14-18-42)44-27-21-38(22-28-44)55(3,4)8-2;;/h7-19,23-28,30-39,42-48,52H,5-6,20-22,29H2,1-4H3;9-28,31-36H,7-8H2,1-6H3;;/q2*-2;2*+2. The van der Waals surface area contributed by atoms with E-state index in [1.54, 1.807) is 24.3 Å². The Kier molecular flexibility index (Phi) is 32.8. The molecule has 0 N–H and O–H groups in total. The molecular formula is C127H109F8N9Pt2. The Morgan fingerprint density at radius 1 is 0.301 bits per heavy atom. The molecule has 5 heterocycles. The van der Waals surface area contributed by atoms with Crippen molar-refractivity contribution in [1.82, 2.24) is 24.5 Å². The van der Waals surface area contributed by atoms with Crippen molar-refractivity contribution >= 4 is 90.1 Å². The number of anilines is 12. The molecule has 0 radical (unpaired) electrons. The Morgan fingerprint density at radius 2 is 0.582 bits per heavy atom. The van der Waals surface area contributed by atoms with Crippen molar-refractivity contribution in [3.8, 4) is 45.0 Å². The maximum Gasteiger partial charge on any atom is 2.00 e. The molecule has 2 unspecified atom stereocenters. The molecule has 0 bridgehead atoms. The number of para-hydroxylation sites is 7. The largest absolute Gasteiger partial charge is 2.00 e. The van der Waals surface area contributed by atoms with Crippen molar-refractivity contribution in [2.24, 2.45) is 0 Å². The van der Waals surface area contributed by atoms with Gasteiger partial charge in [-0.05, 0) is 250 Å². The van der Waals surface area contributed by atoms with Crippen molar-refractivity contribution in [2.45, 2.75) is 149 Å². The van der Waals surface area contributed by atoms with E-state index < -0.39 is 57.4 Å². The van der Waals surface area contributed by atoms with Crippen molar-refractivity contribution in [2.75, 3.05) is 19.6 Å². The van der Waals surface area contributed by atoms with Crippen LogP contribution in [0.25, 0.3) is 66.8 Å². The molecule has 0 aliphatic carbocycles. The van der Waals surface area contributed by atoms with E-state index in [0.717, 1.165) is 145 Å². The second-order valence-electron chi connectivity index (χ2n) is 38.1. The molecule has 0 aliphatic heterocycles. The maximum absolute atomic E-state index is 16.2. The molecule has 5 aromatic heterocycles. The Balaban J connectivity index is 0.000000211. The number of halogens is 8. The Hall–Kier alpha value is -14.5. The molecule has 146 heavy (non-hydrogen) atoms. The minimum atomic E-state index is -1.10. The average molecular weight is 2300 g/mol. The van der Waals surface area contributed by atoms with Gasteiger partial charge in [0.1, 0.15) is 0 Å². The summed E-state index contributed by atoms with van der Waals surface area (Å²) in [6.07, 6.45) is 8.14. The van der Waals surface area contributed by atoms with E-state index >= 15 is 17.6 Å². The Morgan fingerprint density at radius 3 is 0.863 bits per heavy atom. The number of hydrogen-bond acceptors (Lipinski definition) is 8. The first-order valence-electron chi connectivity index (χ1n) is 49.1. The van der Waals surface area contributed by atoms with E-state index in [0.29, 0.717) is 57.5 Å². The van der Waals surface area contributed by atoms with Crippen molar-refractivity contribution in [3.63, 3.8) is 0 Å². The van der Waals surface area contributed by atoms with Gasteiger partial charge >= 0.3 is 42.1 Å². The zero-order chi connectivity index (χ0) is 101. The van der Waals surface area contributed by atoms with Crippen LogP contribution in [0.15, 0.2) is 370 Å². The SMILES string of the molecule is CCCC(CCCC(CC)n1c2ccccc2c2ccccc21)c1ccc(N(c2ccccc2)c2cc(-c3[c-]cc(F)cc3F)nc(C(C)(C)c3cc(N(c4ccccc4)c4ccccc4)cc(-c4[c-]cc(F)cc4F)n3)c2)cc1.CCc1ccc(N(c2ccccc2)c2cc(-c3[c-]cc(F)cc3F)nc(C(C)(C)c3cc(N(c4ccccc4)c4ccc(C(C)(C)CC)cc4)cc(-c4[c-]cc(F)cc4F)n3)c2)cc1.[Pt+2].[Pt+2]. The zero-order valence-electron chi connectivity index (χ0n) is 82.7. The van der Waals surface area contributed by atoms with Crippen LogP contribution in [0.5, 0.6) is 0 Å². The van der Waals surface area contributed by atoms with Gasteiger partial charge < -0.3 is 44.1 Å². The van der Waals surface area contributed by atoms with Crippen LogP contribution in [-0.4, -0.2) is 24.5 Å². The number of nitrogens with zero attached hydrogens (tertiary/aromatic N) is 9. The van der Waals surface area contributed by atoms with Gasteiger partial charge in [-0.2, -0.15) is 0 Å². The molecule has 0 amide bonds. The molecule has 14 aromatic carbocycles. The van der Waals surface area contributed by atoms with Gasteiger partial charge in [-0.1, -0.05) is 289 Å². The molecule has 19 rings (SSSR count). The summed E-state index contributed by atoms with van der Waals surface area (Å²) in [6, 6.07) is 126. The molecule has 738 valence electrons. The summed E-state index contributed by atoms with van der Waals surface area (Å²) in [5.74, 6) is -5.96. The third-order valence-corrected chi connectivity index (χ3v) is 27.6. The van der Waals surface area contributed by atoms with E-state index in [1.807, 2.05) is 221 Å². The molecule has 0 saturated carbocycles. The predicted molar refractivity (Wildman–Crippen MR) is 570 cm³/mol. The number of rotatable bonds is 32. The first-order chi connectivity index (χ1) is 69.7. The average Bonchev–Trinajstić information content (AvgIpc) is 0.941. The van der Waals surface area contributed by atoms with E-state index in [9.17, 15) is 17.6 Å². The van der Waals surface area contributed by atoms with Gasteiger partial charge in [-0.25, -0.2) is 0 Å². The van der Waals surface area contributed by atoms with E-state index in [1.165, 1.54) is 38.5 Å². The third-order valence-electron chi connectivity index (χ3n) is 27.6. The summed E-state index contributed by atoms with van der Waals surface area (Å²) >= 11 is 0. The quantitative estimate of drug-likeness (QED) is 0.0305. The van der Waals surface area contributed by atoms with Gasteiger partial charge in [0, 0.05) is 176 Å². The molecule has 9 nitrogen and oxygen atoms in total. The second kappa shape index (κ2) is 45.8. The van der Waals surface area contributed by atoms with Crippen molar-refractivity contribution in [3.05, 3.63) is 480 Å². The van der Waals surface area contributed by atoms with Gasteiger partial charge in [-0.15, -0.1) is 48.5 Å². The second-order valence-corrected chi connectivity index (χ2v) is 38.1. The van der Waals surface area contributed by atoms with Gasteiger partial charge in [0.25, 0.3) is 0 Å². The molecule has 19 heteroatoms. The molecule has 2 atom stereocenters. The maximum atomic E-state index is 16.2. The van der Waals surface area contributed by atoms with Crippen LogP contribution in [0.2, 0.25) is 0 Å². The van der Waals surface area contributed by atoms with Crippen LogP contribution < -0.4 is 19.6 Å². The van der Waals surface area contributed by atoms with Gasteiger partial charge in [0.15, 0.2) is 0 Å². The van der Waals surface area contributed by atoms with Crippen LogP contribution in [0.4, 0.5) is 103 Å². The fourth-order valence-corrected chi connectivity index (χ4v) is 19.2. The van der Waals surface area contributed by atoms with Gasteiger partial charge in [0.2, 0.25) is 0 Å². The van der Waals surface area contributed by atoms with Crippen LogP contribution in [-0.2, 0) is 64.8 Å². The number of fused-ring (bicyclic) bond motifs is 3. The molecule has 0 aliphatic rings. The van der Waals surface area contributed by atoms with Gasteiger partial charge in [0.05, 0.1) is 0 Å². The summed E-state index contributed by atoms with van der Waals surface area (Å²) in [7, 11) is 0. The number of aromatic nitrogens is 5. The first-order valence-corrected chi connectivity index (χ1v) is 49.1. The first kappa shape index (κ1) is 104. The number of aryl methyl sites for hydroxylation is 1. The topological polar surface area (TPSA) is 69.5 Å². The number of hydrogen-bond donors (Lipinski definition) is 0. The summed E-state index contributed by atoms with van der Waals surface area (Å²) in [5.41, 5.74) is 16.1. The number of pyridine rings is 4. The number of benzene rings is 14. The smallest absolute Gasteiger partial charge is 0.337 e. The molecule has 0 fully saturated rings. The summed E-state index contributed by atoms with van der Waals surface area (Å²) in [4.78, 5) is 28.8. The summed E-state index contributed by atoms with van der Waals surface area (Å²) in [5, 5.41) is 2.59. The minimum absolute atomic E-state index is 0. The Labute approximate surface area is 879 Å². The fourth-order valence-electron chi connectivity index (χ4n) is 19.2. The van der Waals surface area contributed by atoms with Crippen LogP contribution in [0.1, 0.15) is 166 Å². The molecule has 0 spiro atoms. The fraction of sp³-hybridized carbons (Fsp3) is 0.181. The normalized spacial score (nSPS) is 12.0. The van der Waals surface area contributed by atoms with E-state index in [4.69, 9.17) is 19.9 Å². The van der Waals surface area contributed by atoms with Crippen LogP contribution in [0.3, 0.4) is 0 Å². The molecular weight excluding hydrogens is 2190 g/mol. The van der Waals surface area contributed by atoms with Crippen LogP contribution >= 0.6 is 0 Å². The molecule has 0 saturated heterocycles. The molecule has 19 aromatic rings. The van der Waals surface area contributed by atoms with E-state index in [-0.39, 0.29) is 92.6 Å². The minimum Gasteiger partial charge on any atom is -0.337 e. The van der Waals surface area contributed by atoms with Crippen LogP contribution in [0, 0.1) is 70.8 Å². The summed E-state index contributed by atoms with van der Waals surface area (Å²) < 4.78 is 124. The third kappa shape index (κ3) is 22.6. The summed E-state index contributed by atoms with van der Waals surface area (Å²) in [6.45, 7) is 21.1. The van der Waals surface area contributed by atoms with Gasteiger partial charge in [-0.3, -0.25) is 35.1 Å². The van der Waals surface area contributed by atoms with Crippen molar-refractivity contribution in [1.29, 1.82) is 0 Å². The van der Waals surface area contributed by atoms with Crippen molar-refractivity contribution < 1.29 is 77.3 Å². The van der Waals surface area contributed by atoms with E-state index in [2.05, 4.69) is 194 Å². The zero-order valence-corrected chi connectivity index (χ0v) is 87.3. The Bertz CT molecular complexity index is 7640.